The third-order valence-corrected chi connectivity index (χ3v) is 7.36. The highest BCUT2D eigenvalue weighted by Crippen LogP contribution is 2.41. The molecule has 0 aliphatic carbocycles. The van der Waals surface area contributed by atoms with Gasteiger partial charge in [-0.15, -0.1) is 0 Å². The molecule has 6 nitrogen and oxygen atoms in total. The van der Waals surface area contributed by atoms with E-state index in [1.165, 1.54) is 0 Å². The predicted octanol–water partition coefficient (Wildman–Crippen LogP) is 6.06. The Kier molecular flexibility index (Phi) is 7.00. The van der Waals surface area contributed by atoms with Crippen molar-refractivity contribution in [3.8, 4) is 5.69 Å². The van der Waals surface area contributed by atoms with E-state index in [4.69, 9.17) is 23.8 Å². The van der Waals surface area contributed by atoms with Crippen molar-refractivity contribution in [2.75, 3.05) is 11.9 Å². The number of hydrogen-bond donors (Lipinski definition) is 2. The molecule has 5 rings (SSSR count). The molecule has 37 heavy (non-hydrogen) atoms. The smallest absolute Gasteiger partial charge is 0.244 e. The summed E-state index contributed by atoms with van der Waals surface area (Å²) in [5, 5.41) is 7.63. The number of thiocarbonyl (C=S) groups is 1. The van der Waals surface area contributed by atoms with Crippen LogP contribution in [-0.2, 0) is 4.79 Å². The summed E-state index contributed by atoms with van der Waals surface area (Å²) in [5.74, 6) is -0.137. The number of nitrogens with one attached hydrogen (secondary N) is 2. The van der Waals surface area contributed by atoms with Crippen LogP contribution in [0.5, 0.6) is 0 Å². The Morgan fingerprint density at radius 2 is 1.81 bits per heavy atom. The van der Waals surface area contributed by atoms with E-state index in [-0.39, 0.29) is 24.5 Å². The van der Waals surface area contributed by atoms with Gasteiger partial charge < -0.3 is 20.1 Å². The zero-order valence-electron chi connectivity index (χ0n) is 20.9. The molecule has 2 N–H and O–H groups in total. The second kappa shape index (κ2) is 10.4. The van der Waals surface area contributed by atoms with Gasteiger partial charge in [-0.05, 0) is 86.6 Å². The highest BCUT2D eigenvalue weighted by Gasteiger charge is 2.42. The molecule has 0 spiro atoms. The first-order valence-corrected chi connectivity index (χ1v) is 12.9. The molecule has 0 bridgehead atoms. The van der Waals surface area contributed by atoms with Gasteiger partial charge in [0, 0.05) is 34.0 Å². The van der Waals surface area contributed by atoms with Gasteiger partial charge in [-0.2, -0.15) is 0 Å². The van der Waals surface area contributed by atoms with E-state index in [9.17, 15) is 4.79 Å². The lowest BCUT2D eigenvalue weighted by atomic mass is 9.96. The van der Waals surface area contributed by atoms with Gasteiger partial charge >= 0.3 is 0 Å². The summed E-state index contributed by atoms with van der Waals surface area (Å²) in [7, 11) is 0. The topological polar surface area (TPSA) is 62.2 Å². The Labute approximate surface area is 227 Å². The minimum absolute atomic E-state index is 0.106. The lowest BCUT2D eigenvalue weighted by molar-refractivity contribution is -0.116. The highest BCUT2D eigenvalue weighted by molar-refractivity contribution is 7.80. The van der Waals surface area contributed by atoms with Crippen molar-refractivity contribution in [3.05, 3.63) is 112 Å². The van der Waals surface area contributed by atoms with Crippen LogP contribution in [-0.4, -0.2) is 32.0 Å². The van der Waals surface area contributed by atoms with Crippen LogP contribution in [0.25, 0.3) is 5.69 Å². The summed E-state index contributed by atoms with van der Waals surface area (Å²) in [6.07, 6.45) is 1.78. The maximum Gasteiger partial charge on any atom is 0.244 e. The number of nitrogens with zero attached hydrogens (tertiary/aromatic N) is 3. The van der Waals surface area contributed by atoms with Crippen LogP contribution in [0.4, 0.5) is 5.69 Å². The SMILES string of the molecule is Cc1ccc(Cl)cc1-n1c(C)cc([C@H]2[C@@H](c3ccccn3)NC(=S)N2CC(=O)Nc2ccccc2)c1C. The molecule has 0 radical (unpaired) electrons. The Morgan fingerprint density at radius 3 is 2.54 bits per heavy atom. The van der Waals surface area contributed by atoms with Crippen molar-refractivity contribution in [1.29, 1.82) is 0 Å². The maximum atomic E-state index is 13.1. The fourth-order valence-electron chi connectivity index (χ4n) is 5.07. The number of aromatic nitrogens is 2. The summed E-state index contributed by atoms with van der Waals surface area (Å²) in [5.41, 5.74) is 6.98. The Morgan fingerprint density at radius 1 is 1.05 bits per heavy atom. The number of rotatable bonds is 6. The molecule has 8 heteroatoms. The highest BCUT2D eigenvalue weighted by atomic mass is 35.5. The molecule has 1 aliphatic rings. The average Bonchev–Trinajstić information content (AvgIpc) is 3.36. The van der Waals surface area contributed by atoms with Crippen molar-refractivity contribution in [3.63, 3.8) is 0 Å². The number of anilines is 1. The molecule has 0 saturated carbocycles. The normalized spacial score (nSPS) is 17.1. The van der Waals surface area contributed by atoms with Crippen LogP contribution in [0, 0.1) is 20.8 Å². The largest absolute Gasteiger partial charge is 0.352 e. The summed E-state index contributed by atoms with van der Waals surface area (Å²) >= 11 is 12.1. The molecule has 188 valence electrons. The number of halogens is 1. The van der Waals surface area contributed by atoms with Gasteiger partial charge in [0.25, 0.3) is 0 Å². The van der Waals surface area contributed by atoms with Gasteiger partial charge in [0.2, 0.25) is 5.91 Å². The van der Waals surface area contributed by atoms with Crippen molar-refractivity contribution < 1.29 is 4.79 Å². The minimum Gasteiger partial charge on any atom is -0.352 e. The van der Waals surface area contributed by atoms with Gasteiger partial charge in [0.05, 0.1) is 17.8 Å². The predicted molar refractivity (Wildman–Crippen MR) is 152 cm³/mol. The summed E-state index contributed by atoms with van der Waals surface area (Å²) in [4.78, 5) is 19.7. The molecule has 4 aromatic rings. The lowest BCUT2D eigenvalue weighted by Crippen LogP contribution is -2.37. The van der Waals surface area contributed by atoms with Crippen molar-refractivity contribution in [2.24, 2.45) is 0 Å². The molecule has 1 aliphatic heterocycles. The Hall–Kier alpha value is -3.68. The average molecular weight is 530 g/mol. The van der Waals surface area contributed by atoms with Gasteiger partial charge in [-0.1, -0.05) is 41.9 Å². The Balaban J connectivity index is 1.56. The minimum atomic E-state index is -0.233. The molecule has 2 atom stereocenters. The first-order valence-electron chi connectivity index (χ1n) is 12.1. The van der Waals surface area contributed by atoms with E-state index >= 15 is 0 Å². The van der Waals surface area contributed by atoms with Crippen LogP contribution in [0.2, 0.25) is 5.02 Å². The van der Waals surface area contributed by atoms with Crippen LogP contribution < -0.4 is 10.6 Å². The number of amides is 1. The van der Waals surface area contributed by atoms with E-state index in [1.807, 2.05) is 71.6 Å². The Bertz CT molecular complexity index is 1450. The van der Waals surface area contributed by atoms with E-state index in [1.54, 1.807) is 6.20 Å². The van der Waals surface area contributed by atoms with Gasteiger partial charge in [-0.3, -0.25) is 9.78 Å². The summed E-state index contributed by atoms with van der Waals surface area (Å²) < 4.78 is 2.22. The van der Waals surface area contributed by atoms with Gasteiger partial charge in [-0.25, -0.2) is 0 Å². The van der Waals surface area contributed by atoms with Crippen LogP contribution in [0.15, 0.2) is 79.0 Å². The molecular weight excluding hydrogens is 502 g/mol. The third kappa shape index (κ3) is 4.97. The van der Waals surface area contributed by atoms with E-state index in [0.29, 0.717) is 10.1 Å². The number of carbonyl (C=O) groups excluding carboxylic acids is 1. The molecule has 2 aromatic heterocycles. The van der Waals surface area contributed by atoms with Crippen LogP contribution in [0.1, 0.15) is 40.3 Å². The van der Waals surface area contributed by atoms with E-state index < -0.39 is 0 Å². The summed E-state index contributed by atoms with van der Waals surface area (Å²) in [6.45, 7) is 6.36. The fraction of sp³-hybridized carbons (Fsp3) is 0.207. The summed E-state index contributed by atoms with van der Waals surface area (Å²) in [6, 6.07) is 22.9. The number of aryl methyl sites for hydroxylation is 2. The zero-order valence-corrected chi connectivity index (χ0v) is 22.5. The quantitative estimate of drug-likeness (QED) is 0.297. The van der Waals surface area contributed by atoms with Gasteiger partial charge in [0.15, 0.2) is 5.11 Å². The van der Waals surface area contributed by atoms with E-state index in [0.717, 1.165) is 39.6 Å². The molecule has 3 heterocycles. The van der Waals surface area contributed by atoms with Gasteiger partial charge in [0.1, 0.15) is 6.54 Å². The second-order valence-electron chi connectivity index (χ2n) is 9.26. The van der Waals surface area contributed by atoms with E-state index in [2.05, 4.69) is 47.0 Å². The second-order valence-corrected chi connectivity index (χ2v) is 10.1. The standard InChI is InChI=1S/C29H28ClN5OS/c1-18-12-13-21(30)16-25(18)35-19(2)15-23(20(35)3)28-27(24-11-7-8-14-31-24)33-29(37)34(28)17-26(36)32-22-9-5-4-6-10-22/h4-16,27-28H,17H2,1-3H3,(H,32,36)(H,33,37)/t27-,28+/m1/s1. The molecule has 2 aromatic carbocycles. The molecule has 1 saturated heterocycles. The number of carbonyl (C=O) groups is 1. The number of pyridine rings is 1. The molecular formula is C29H28ClN5OS. The number of hydrogen-bond acceptors (Lipinski definition) is 3. The number of para-hydroxylation sites is 1. The van der Waals surface area contributed by atoms with Crippen LogP contribution >= 0.6 is 23.8 Å². The van der Waals surface area contributed by atoms with Crippen molar-refractivity contribution in [1.82, 2.24) is 19.8 Å². The third-order valence-electron chi connectivity index (χ3n) is 6.77. The first-order chi connectivity index (χ1) is 17.8. The monoisotopic (exact) mass is 529 g/mol. The zero-order chi connectivity index (χ0) is 26.1. The van der Waals surface area contributed by atoms with Crippen LogP contribution in [0.3, 0.4) is 0 Å². The molecule has 1 fully saturated rings. The fourth-order valence-corrected chi connectivity index (χ4v) is 5.54. The molecule has 0 unspecified atom stereocenters. The first kappa shape index (κ1) is 25.0. The van der Waals surface area contributed by atoms with Crippen molar-refractivity contribution in [2.45, 2.75) is 32.9 Å². The number of benzene rings is 2. The van der Waals surface area contributed by atoms with Crippen molar-refractivity contribution >= 4 is 40.5 Å². The molecule has 1 amide bonds. The lowest BCUT2D eigenvalue weighted by Gasteiger charge is -2.27. The maximum absolute atomic E-state index is 13.1.